The van der Waals surface area contributed by atoms with Gasteiger partial charge in [-0.05, 0) is 69.0 Å². The molecule has 1 aromatic carbocycles. The Hall–Kier alpha value is -1.15. The fraction of sp³-hybridized carbons (Fsp3) is 0.611. The van der Waals surface area contributed by atoms with Crippen molar-refractivity contribution in [2.45, 2.75) is 43.5 Å². The zero-order chi connectivity index (χ0) is 17.9. The third-order valence-electron chi connectivity index (χ3n) is 5.17. The molecule has 2 heterocycles. The lowest BCUT2D eigenvalue weighted by atomic mass is 10.0. The molecule has 2 fully saturated rings. The van der Waals surface area contributed by atoms with Gasteiger partial charge in [-0.25, -0.2) is 8.42 Å². The van der Waals surface area contributed by atoms with Crippen molar-refractivity contribution in [1.82, 2.24) is 14.9 Å². The summed E-state index contributed by atoms with van der Waals surface area (Å²) >= 11 is 0. The van der Waals surface area contributed by atoms with Gasteiger partial charge >= 0.3 is 0 Å². The van der Waals surface area contributed by atoms with Gasteiger partial charge in [-0.2, -0.15) is 4.31 Å². The molecule has 2 N–H and O–H groups in total. The maximum absolute atomic E-state index is 12.7. The normalized spacial score (nSPS) is 20.3. The molecule has 0 bridgehead atoms. The smallest absolute Gasteiger partial charge is 0.251 e. The van der Waals surface area contributed by atoms with Gasteiger partial charge in [-0.3, -0.25) is 4.79 Å². The maximum Gasteiger partial charge on any atom is 0.251 e. The summed E-state index contributed by atoms with van der Waals surface area (Å²) in [6.07, 6.45) is 3.64. The van der Waals surface area contributed by atoms with Gasteiger partial charge in [-0.1, -0.05) is 6.92 Å². The van der Waals surface area contributed by atoms with Crippen molar-refractivity contribution < 1.29 is 13.2 Å². The summed E-state index contributed by atoms with van der Waals surface area (Å²) in [5.41, 5.74) is 0.504. The van der Waals surface area contributed by atoms with Crippen molar-refractivity contribution in [3.8, 4) is 0 Å². The number of hydrogen-bond donors (Lipinski definition) is 2. The van der Waals surface area contributed by atoms with E-state index in [0.29, 0.717) is 24.6 Å². The predicted octanol–water partition coefficient (Wildman–Crippen LogP) is 2.01. The number of halogens is 1. The second-order valence-corrected chi connectivity index (χ2v) is 9.05. The summed E-state index contributed by atoms with van der Waals surface area (Å²) in [5, 5.41) is 6.29. The highest BCUT2D eigenvalue weighted by Gasteiger charge is 2.28. The van der Waals surface area contributed by atoms with Crippen molar-refractivity contribution >= 4 is 28.3 Å². The Balaban J connectivity index is 0.00000243. The largest absolute Gasteiger partial charge is 0.349 e. The van der Waals surface area contributed by atoms with Crippen LogP contribution in [0.1, 0.15) is 43.0 Å². The number of amides is 1. The number of piperidine rings is 2. The Bertz CT molecular complexity index is 695. The predicted molar refractivity (Wildman–Crippen MR) is 104 cm³/mol. The number of hydrogen-bond acceptors (Lipinski definition) is 4. The highest BCUT2D eigenvalue weighted by Crippen LogP contribution is 2.23. The molecule has 3 rings (SSSR count). The molecule has 6 nitrogen and oxygen atoms in total. The lowest BCUT2D eigenvalue weighted by Gasteiger charge is -2.29. The molecule has 2 aliphatic heterocycles. The Morgan fingerprint density at radius 1 is 1.08 bits per heavy atom. The monoisotopic (exact) mass is 401 g/mol. The van der Waals surface area contributed by atoms with Crippen LogP contribution >= 0.6 is 12.4 Å². The molecule has 146 valence electrons. The van der Waals surface area contributed by atoms with Crippen LogP contribution in [0.2, 0.25) is 0 Å². The minimum atomic E-state index is -3.46. The van der Waals surface area contributed by atoms with Crippen molar-refractivity contribution in [1.29, 1.82) is 0 Å². The van der Waals surface area contributed by atoms with Crippen LogP contribution in [0.5, 0.6) is 0 Å². The Kier molecular flexibility index (Phi) is 7.46. The van der Waals surface area contributed by atoms with Crippen LogP contribution in [0.25, 0.3) is 0 Å². The van der Waals surface area contributed by atoms with Gasteiger partial charge in [-0.15, -0.1) is 12.4 Å². The number of carbonyl (C=O) groups is 1. The van der Waals surface area contributed by atoms with Gasteiger partial charge in [0, 0.05) is 24.7 Å². The molecule has 0 atom stereocenters. The average molecular weight is 402 g/mol. The van der Waals surface area contributed by atoms with Gasteiger partial charge in [0.05, 0.1) is 4.90 Å². The fourth-order valence-electron chi connectivity index (χ4n) is 3.39. The zero-order valence-corrected chi connectivity index (χ0v) is 16.7. The Morgan fingerprint density at radius 2 is 1.65 bits per heavy atom. The van der Waals surface area contributed by atoms with Crippen molar-refractivity contribution in [2.24, 2.45) is 5.92 Å². The molecule has 0 spiro atoms. The lowest BCUT2D eigenvalue weighted by Crippen LogP contribution is -2.42. The average Bonchev–Trinajstić information content (AvgIpc) is 2.63. The molecule has 0 saturated carbocycles. The summed E-state index contributed by atoms with van der Waals surface area (Å²) in [6.45, 7) is 5.12. The van der Waals surface area contributed by atoms with Crippen LogP contribution in [0, 0.1) is 5.92 Å². The summed E-state index contributed by atoms with van der Waals surface area (Å²) in [4.78, 5) is 12.6. The van der Waals surface area contributed by atoms with Crippen LogP contribution < -0.4 is 10.6 Å². The molecule has 0 unspecified atom stereocenters. The topological polar surface area (TPSA) is 78.5 Å². The minimum absolute atomic E-state index is 0. The first-order valence-electron chi connectivity index (χ1n) is 9.08. The van der Waals surface area contributed by atoms with E-state index in [1.807, 2.05) is 0 Å². The summed E-state index contributed by atoms with van der Waals surface area (Å²) in [7, 11) is -3.46. The van der Waals surface area contributed by atoms with Crippen LogP contribution in [-0.2, 0) is 10.0 Å². The molecular weight excluding hydrogens is 374 g/mol. The van der Waals surface area contributed by atoms with Crippen molar-refractivity contribution in [3.05, 3.63) is 29.8 Å². The minimum Gasteiger partial charge on any atom is -0.349 e. The zero-order valence-electron chi connectivity index (χ0n) is 15.1. The van der Waals surface area contributed by atoms with E-state index in [4.69, 9.17) is 0 Å². The lowest BCUT2D eigenvalue weighted by molar-refractivity contribution is 0.0929. The summed E-state index contributed by atoms with van der Waals surface area (Å²) in [5.74, 6) is 0.440. The number of carbonyl (C=O) groups excluding carboxylic acids is 1. The molecule has 26 heavy (non-hydrogen) atoms. The molecule has 0 radical (unpaired) electrons. The van der Waals surface area contributed by atoms with E-state index in [0.717, 1.165) is 38.8 Å². The molecule has 1 aromatic rings. The Morgan fingerprint density at radius 3 is 2.23 bits per heavy atom. The van der Waals surface area contributed by atoms with Gasteiger partial charge in [0.15, 0.2) is 0 Å². The molecule has 1 amide bonds. The first-order valence-corrected chi connectivity index (χ1v) is 10.5. The second kappa shape index (κ2) is 9.17. The number of nitrogens with one attached hydrogen (secondary N) is 2. The number of sulfonamides is 1. The van der Waals surface area contributed by atoms with Gasteiger partial charge in [0.2, 0.25) is 10.0 Å². The SMILES string of the molecule is CC1CCN(S(=O)(=O)c2ccc(C(=O)NC3CCNCC3)cc2)CC1.Cl. The van der Waals surface area contributed by atoms with Gasteiger partial charge in [0.1, 0.15) is 0 Å². The summed E-state index contributed by atoms with van der Waals surface area (Å²) < 4.78 is 27.0. The first kappa shape index (κ1) is 21.2. The van der Waals surface area contributed by atoms with E-state index in [9.17, 15) is 13.2 Å². The van der Waals surface area contributed by atoms with E-state index in [-0.39, 0.29) is 29.3 Å². The van der Waals surface area contributed by atoms with Crippen LogP contribution in [-0.4, -0.2) is 50.9 Å². The number of nitrogens with zero attached hydrogens (tertiary/aromatic N) is 1. The summed E-state index contributed by atoms with van der Waals surface area (Å²) in [6, 6.07) is 6.49. The van der Waals surface area contributed by atoms with Crippen LogP contribution in [0.3, 0.4) is 0 Å². The molecule has 0 aliphatic carbocycles. The molecule has 8 heteroatoms. The van der Waals surface area contributed by atoms with Gasteiger partial charge < -0.3 is 10.6 Å². The highest BCUT2D eigenvalue weighted by molar-refractivity contribution is 7.89. The van der Waals surface area contributed by atoms with E-state index in [1.165, 1.54) is 0 Å². The third kappa shape index (κ3) is 4.97. The van der Waals surface area contributed by atoms with Gasteiger partial charge in [0.25, 0.3) is 5.91 Å². The van der Waals surface area contributed by atoms with E-state index in [1.54, 1.807) is 28.6 Å². The number of benzene rings is 1. The molecule has 0 aromatic heterocycles. The van der Waals surface area contributed by atoms with Crippen molar-refractivity contribution in [3.63, 3.8) is 0 Å². The molecule has 2 saturated heterocycles. The standard InChI is InChI=1S/C18H27N3O3S.ClH/c1-14-8-12-21(13-9-14)25(23,24)17-4-2-15(3-5-17)18(22)20-16-6-10-19-11-7-16;/h2-5,14,16,19H,6-13H2,1H3,(H,20,22);1H. The highest BCUT2D eigenvalue weighted by atomic mass is 35.5. The van der Waals surface area contributed by atoms with Crippen LogP contribution in [0.4, 0.5) is 0 Å². The first-order chi connectivity index (χ1) is 12.0. The number of rotatable bonds is 4. The molecular formula is C18H28ClN3O3S. The third-order valence-corrected chi connectivity index (χ3v) is 7.08. The van der Waals surface area contributed by atoms with E-state index < -0.39 is 10.0 Å². The quantitative estimate of drug-likeness (QED) is 0.808. The van der Waals surface area contributed by atoms with Crippen LogP contribution in [0.15, 0.2) is 29.2 Å². The molecule has 2 aliphatic rings. The van der Waals surface area contributed by atoms with E-state index >= 15 is 0 Å². The second-order valence-electron chi connectivity index (χ2n) is 7.11. The Labute approximate surface area is 162 Å². The fourth-order valence-corrected chi connectivity index (χ4v) is 4.86. The van der Waals surface area contributed by atoms with Crippen molar-refractivity contribution in [2.75, 3.05) is 26.2 Å². The maximum atomic E-state index is 12.7. The van der Waals surface area contributed by atoms with E-state index in [2.05, 4.69) is 17.6 Å².